The Bertz CT molecular complexity index is 1120. The van der Waals surface area contributed by atoms with Crippen LogP contribution < -0.4 is 15.9 Å². The Kier molecular flexibility index (Phi) is 5.11. The van der Waals surface area contributed by atoms with Gasteiger partial charge in [0.15, 0.2) is 12.9 Å². The molecule has 0 aliphatic heterocycles. The molecule has 0 fully saturated rings. The van der Waals surface area contributed by atoms with Gasteiger partial charge in [0.1, 0.15) is 5.70 Å². The molecule has 0 bridgehead atoms. The van der Waals surface area contributed by atoms with Crippen LogP contribution in [-0.2, 0) is 14.2 Å². The van der Waals surface area contributed by atoms with Crippen molar-refractivity contribution < 1.29 is 14.2 Å². The molecular formula is C24H18NO3P. The molecule has 3 aromatic rings. The van der Waals surface area contributed by atoms with Crippen LogP contribution in [0.2, 0.25) is 0 Å². The number of hydrogen-bond acceptors (Lipinski definition) is 4. The fourth-order valence-electron chi connectivity index (χ4n) is 3.34. The third-order valence-electron chi connectivity index (χ3n) is 4.70. The number of para-hydroxylation sites is 1. The normalized spacial score (nSPS) is 14.2. The smallest absolute Gasteiger partial charge is 0.203 e. The first kappa shape index (κ1) is 18.9. The SMILES string of the molecule is O=C1C=CC(=O)C(P(=O)(c2ccccc2)c2ccccc2)=C1Nc1ccccc1. The zero-order valence-electron chi connectivity index (χ0n) is 15.5. The second kappa shape index (κ2) is 7.86. The molecular weight excluding hydrogens is 381 g/mol. The number of ketones is 2. The lowest BCUT2D eigenvalue weighted by atomic mass is 10.1. The Hall–Kier alpha value is -3.49. The largest absolute Gasteiger partial charge is 0.352 e. The highest BCUT2D eigenvalue weighted by atomic mass is 31.2. The van der Waals surface area contributed by atoms with E-state index in [0.29, 0.717) is 16.3 Å². The number of carbonyl (C=O) groups excluding carboxylic acids is 2. The van der Waals surface area contributed by atoms with Gasteiger partial charge in [0.25, 0.3) is 0 Å². The quantitative estimate of drug-likeness (QED) is 0.520. The van der Waals surface area contributed by atoms with Crippen LogP contribution in [0.25, 0.3) is 0 Å². The topological polar surface area (TPSA) is 63.2 Å². The number of nitrogens with one attached hydrogen (secondary N) is 1. The number of carbonyl (C=O) groups is 2. The number of allylic oxidation sites excluding steroid dienone is 3. The molecule has 142 valence electrons. The van der Waals surface area contributed by atoms with Gasteiger partial charge in [-0.15, -0.1) is 0 Å². The van der Waals surface area contributed by atoms with Crippen LogP contribution in [0.5, 0.6) is 0 Å². The Morgan fingerprint density at radius 1 is 0.586 bits per heavy atom. The minimum absolute atomic E-state index is 0.00579. The first-order chi connectivity index (χ1) is 14.1. The van der Waals surface area contributed by atoms with Crippen molar-refractivity contribution in [1.82, 2.24) is 0 Å². The minimum Gasteiger partial charge on any atom is -0.352 e. The van der Waals surface area contributed by atoms with E-state index in [0.717, 1.165) is 0 Å². The van der Waals surface area contributed by atoms with E-state index in [2.05, 4.69) is 5.32 Å². The maximum atomic E-state index is 14.6. The first-order valence-electron chi connectivity index (χ1n) is 9.15. The zero-order valence-corrected chi connectivity index (χ0v) is 16.4. The molecule has 5 heteroatoms. The molecule has 0 spiro atoms. The Labute approximate surface area is 169 Å². The molecule has 0 saturated carbocycles. The van der Waals surface area contributed by atoms with Gasteiger partial charge in [-0.2, -0.15) is 0 Å². The average Bonchev–Trinajstić information content (AvgIpc) is 2.78. The van der Waals surface area contributed by atoms with Crippen LogP contribution in [0.4, 0.5) is 5.69 Å². The van der Waals surface area contributed by atoms with Gasteiger partial charge in [-0.1, -0.05) is 78.9 Å². The second-order valence-electron chi connectivity index (χ2n) is 6.56. The van der Waals surface area contributed by atoms with Crippen molar-refractivity contribution in [3.63, 3.8) is 0 Å². The lowest BCUT2D eigenvalue weighted by Gasteiger charge is -2.25. The van der Waals surface area contributed by atoms with Crippen molar-refractivity contribution in [2.24, 2.45) is 0 Å². The third kappa shape index (κ3) is 3.51. The summed E-state index contributed by atoms with van der Waals surface area (Å²) in [6.45, 7) is 0. The van der Waals surface area contributed by atoms with Crippen molar-refractivity contribution in [2.75, 3.05) is 5.32 Å². The molecule has 1 aliphatic carbocycles. The minimum atomic E-state index is -3.59. The summed E-state index contributed by atoms with van der Waals surface area (Å²) in [4.78, 5) is 25.8. The summed E-state index contributed by atoms with van der Waals surface area (Å²) in [5.41, 5.74) is 0.698. The van der Waals surface area contributed by atoms with Crippen LogP contribution in [-0.4, -0.2) is 11.6 Å². The summed E-state index contributed by atoms with van der Waals surface area (Å²) in [6.07, 6.45) is 2.42. The van der Waals surface area contributed by atoms with Crippen LogP contribution in [0.3, 0.4) is 0 Å². The Balaban J connectivity index is 2.00. The molecule has 0 saturated heterocycles. The van der Waals surface area contributed by atoms with E-state index in [1.807, 2.05) is 30.3 Å². The van der Waals surface area contributed by atoms with Gasteiger partial charge in [0, 0.05) is 16.3 Å². The predicted octanol–water partition coefficient (Wildman–Crippen LogP) is 4.03. The summed E-state index contributed by atoms with van der Waals surface area (Å²) in [5, 5.41) is 4.06. The first-order valence-corrected chi connectivity index (χ1v) is 10.9. The van der Waals surface area contributed by atoms with E-state index in [-0.39, 0.29) is 16.8 Å². The van der Waals surface area contributed by atoms with Gasteiger partial charge in [-0.25, -0.2) is 0 Å². The number of benzene rings is 3. The Morgan fingerprint density at radius 3 is 1.55 bits per heavy atom. The number of hydrogen-bond donors (Lipinski definition) is 1. The molecule has 0 radical (unpaired) electrons. The summed E-state index contributed by atoms with van der Waals surface area (Å²) >= 11 is 0. The van der Waals surface area contributed by atoms with Gasteiger partial charge >= 0.3 is 0 Å². The highest BCUT2D eigenvalue weighted by Gasteiger charge is 2.40. The fourth-order valence-corrected chi connectivity index (χ4v) is 6.20. The number of rotatable bonds is 5. The maximum Gasteiger partial charge on any atom is 0.203 e. The monoisotopic (exact) mass is 399 g/mol. The van der Waals surface area contributed by atoms with E-state index in [1.165, 1.54) is 12.2 Å². The third-order valence-corrected chi connectivity index (χ3v) is 7.82. The highest BCUT2D eigenvalue weighted by Crippen LogP contribution is 2.54. The Morgan fingerprint density at radius 2 is 1.03 bits per heavy atom. The molecule has 29 heavy (non-hydrogen) atoms. The maximum absolute atomic E-state index is 14.6. The van der Waals surface area contributed by atoms with Crippen LogP contribution in [0.1, 0.15) is 0 Å². The molecule has 1 N–H and O–H groups in total. The summed E-state index contributed by atoms with van der Waals surface area (Å²) < 4.78 is 14.6. The predicted molar refractivity (Wildman–Crippen MR) is 116 cm³/mol. The molecule has 0 atom stereocenters. The molecule has 1 aliphatic rings. The van der Waals surface area contributed by atoms with Crippen molar-refractivity contribution in [3.05, 3.63) is 114 Å². The van der Waals surface area contributed by atoms with Gasteiger partial charge in [0.2, 0.25) is 5.78 Å². The fraction of sp³-hybridized carbons (Fsp3) is 0. The zero-order chi connectivity index (χ0) is 20.3. The summed E-state index contributed by atoms with van der Waals surface area (Å²) in [7, 11) is -3.59. The van der Waals surface area contributed by atoms with Crippen molar-refractivity contribution in [2.45, 2.75) is 0 Å². The lowest BCUT2D eigenvalue weighted by molar-refractivity contribution is -0.114. The lowest BCUT2D eigenvalue weighted by Crippen LogP contribution is -2.27. The average molecular weight is 399 g/mol. The van der Waals surface area contributed by atoms with Crippen LogP contribution >= 0.6 is 7.14 Å². The van der Waals surface area contributed by atoms with Gasteiger partial charge in [0.05, 0.1) is 5.31 Å². The summed E-state index contributed by atoms with van der Waals surface area (Å²) in [5.74, 6) is -0.811. The molecule has 0 heterocycles. The van der Waals surface area contributed by atoms with E-state index < -0.39 is 12.9 Å². The molecule has 0 unspecified atom stereocenters. The van der Waals surface area contributed by atoms with Crippen molar-refractivity contribution in [1.29, 1.82) is 0 Å². The summed E-state index contributed by atoms with van der Waals surface area (Å²) in [6, 6.07) is 26.8. The standard InChI is InChI=1S/C24H18NO3P/c26-21-16-17-22(27)24(23(21)25-18-10-4-1-5-11-18)29(28,19-12-6-2-7-13-19)20-14-8-3-9-15-20/h1-17,25H. The molecule has 3 aromatic carbocycles. The van der Waals surface area contributed by atoms with Crippen LogP contribution in [0, 0.1) is 0 Å². The van der Waals surface area contributed by atoms with E-state index in [4.69, 9.17) is 0 Å². The molecule has 4 rings (SSSR count). The number of anilines is 1. The van der Waals surface area contributed by atoms with E-state index >= 15 is 0 Å². The van der Waals surface area contributed by atoms with Gasteiger partial charge < -0.3 is 9.88 Å². The van der Waals surface area contributed by atoms with Crippen molar-refractivity contribution in [3.8, 4) is 0 Å². The van der Waals surface area contributed by atoms with Crippen LogP contribution in [0.15, 0.2) is 114 Å². The van der Waals surface area contributed by atoms with Gasteiger partial charge in [-0.3, -0.25) is 9.59 Å². The molecule has 0 aromatic heterocycles. The van der Waals surface area contributed by atoms with Crippen molar-refractivity contribution >= 4 is 35.0 Å². The second-order valence-corrected chi connectivity index (χ2v) is 9.26. The molecule has 4 nitrogen and oxygen atoms in total. The highest BCUT2D eigenvalue weighted by molar-refractivity contribution is 7.83. The van der Waals surface area contributed by atoms with Gasteiger partial charge in [-0.05, 0) is 24.3 Å². The molecule has 0 amide bonds. The van der Waals surface area contributed by atoms with E-state index in [1.54, 1.807) is 60.7 Å². The van der Waals surface area contributed by atoms with E-state index in [9.17, 15) is 14.2 Å².